The molecule has 0 atom stereocenters. The van der Waals surface area contributed by atoms with Gasteiger partial charge in [0, 0.05) is 6.54 Å². The van der Waals surface area contributed by atoms with Crippen molar-refractivity contribution in [3.63, 3.8) is 0 Å². The van der Waals surface area contributed by atoms with Crippen LogP contribution in [0, 0.1) is 13.8 Å². The summed E-state index contributed by atoms with van der Waals surface area (Å²) in [5.41, 5.74) is 12.1. The maximum Gasteiger partial charge on any atom is 0.0184 e. The number of nitrogens with two attached hydrogens (primary N) is 1. The number of hydrogen-bond acceptors (Lipinski definition) is 1. The van der Waals surface area contributed by atoms with Gasteiger partial charge in [-0.1, -0.05) is 53.6 Å². The van der Waals surface area contributed by atoms with Gasteiger partial charge in [0.2, 0.25) is 0 Å². The summed E-state index contributed by atoms with van der Waals surface area (Å²) in [4.78, 5) is 0. The van der Waals surface area contributed by atoms with Gasteiger partial charge in [-0.15, -0.1) is 0 Å². The fourth-order valence-electron chi connectivity index (χ4n) is 2.11. The monoisotopic (exact) mass is 211 g/mol. The van der Waals surface area contributed by atoms with E-state index in [2.05, 4.69) is 50.2 Å². The molecule has 0 unspecified atom stereocenters. The Kier molecular flexibility index (Phi) is 3.07. The van der Waals surface area contributed by atoms with Crippen molar-refractivity contribution in [2.45, 2.75) is 20.4 Å². The Morgan fingerprint density at radius 1 is 0.938 bits per heavy atom. The van der Waals surface area contributed by atoms with Gasteiger partial charge in [-0.05, 0) is 30.5 Å². The molecule has 2 aromatic rings. The van der Waals surface area contributed by atoms with Gasteiger partial charge in [0.05, 0.1) is 0 Å². The van der Waals surface area contributed by atoms with Crippen LogP contribution in [0.3, 0.4) is 0 Å². The first-order chi connectivity index (χ1) is 7.70. The Balaban J connectivity index is 2.58. The third-order valence-corrected chi connectivity index (χ3v) is 2.77. The summed E-state index contributed by atoms with van der Waals surface area (Å²) >= 11 is 0. The molecule has 0 saturated carbocycles. The van der Waals surface area contributed by atoms with E-state index in [1.54, 1.807) is 0 Å². The maximum atomic E-state index is 5.76. The molecule has 0 aliphatic heterocycles. The summed E-state index contributed by atoms with van der Waals surface area (Å²) in [6, 6.07) is 14.9. The highest BCUT2D eigenvalue weighted by molar-refractivity contribution is 5.68. The van der Waals surface area contributed by atoms with Crippen LogP contribution in [-0.4, -0.2) is 0 Å². The molecule has 1 nitrogen and oxygen atoms in total. The second-order valence-corrected chi connectivity index (χ2v) is 4.24. The predicted octanol–water partition coefficient (Wildman–Crippen LogP) is 3.43. The normalized spacial score (nSPS) is 10.4. The highest BCUT2D eigenvalue weighted by Gasteiger charge is 2.03. The third kappa shape index (κ3) is 2.15. The Morgan fingerprint density at radius 3 is 2.19 bits per heavy atom. The van der Waals surface area contributed by atoms with Gasteiger partial charge in [-0.3, -0.25) is 0 Å². The van der Waals surface area contributed by atoms with E-state index in [1.165, 1.54) is 27.8 Å². The SMILES string of the molecule is Cc1cc(C)cc(-c2ccccc2CN)c1. The molecule has 0 spiro atoms. The van der Waals surface area contributed by atoms with Crippen LogP contribution >= 0.6 is 0 Å². The molecular weight excluding hydrogens is 194 g/mol. The Morgan fingerprint density at radius 2 is 1.56 bits per heavy atom. The molecule has 0 heterocycles. The Hall–Kier alpha value is -1.60. The van der Waals surface area contributed by atoms with Crippen LogP contribution in [0.15, 0.2) is 42.5 Å². The molecular formula is C15H17N. The van der Waals surface area contributed by atoms with Crippen LogP contribution in [0.5, 0.6) is 0 Å². The van der Waals surface area contributed by atoms with Crippen molar-refractivity contribution in [2.75, 3.05) is 0 Å². The van der Waals surface area contributed by atoms with Gasteiger partial charge in [0.1, 0.15) is 0 Å². The van der Waals surface area contributed by atoms with E-state index in [0.717, 1.165) is 0 Å². The van der Waals surface area contributed by atoms with E-state index in [9.17, 15) is 0 Å². The van der Waals surface area contributed by atoms with E-state index in [0.29, 0.717) is 6.54 Å². The summed E-state index contributed by atoms with van der Waals surface area (Å²) < 4.78 is 0. The van der Waals surface area contributed by atoms with Crippen molar-refractivity contribution in [1.29, 1.82) is 0 Å². The molecule has 0 aliphatic carbocycles. The van der Waals surface area contributed by atoms with Crippen LogP contribution in [0.25, 0.3) is 11.1 Å². The minimum absolute atomic E-state index is 0.586. The van der Waals surface area contributed by atoms with E-state index in [1.807, 2.05) is 6.07 Å². The average Bonchev–Trinajstić information content (AvgIpc) is 2.27. The first kappa shape index (κ1) is 10.9. The first-order valence-electron chi connectivity index (χ1n) is 5.57. The molecule has 2 aromatic carbocycles. The van der Waals surface area contributed by atoms with Crippen molar-refractivity contribution in [1.82, 2.24) is 0 Å². The minimum atomic E-state index is 0.586. The number of aryl methyl sites for hydroxylation is 2. The molecule has 1 heteroatoms. The van der Waals surface area contributed by atoms with Crippen molar-refractivity contribution < 1.29 is 0 Å². The minimum Gasteiger partial charge on any atom is -0.326 e. The lowest BCUT2D eigenvalue weighted by molar-refractivity contribution is 1.07. The maximum absolute atomic E-state index is 5.76. The van der Waals surface area contributed by atoms with E-state index in [4.69, 9.17) is 5.73 Å². The van der Waals surface area contributed by atoms with Crippen LogP contribution in [0.2, 0.25) is 0 Å². The van der Waals surface area contributed by atoms with E-state index >= 15 is 0 Å². The predicted molar refractivity (Wildman–Crippen MR) is 69.2 cm³/mol. The fraction of sp³-hybridized carbons (Fsp3) is 0.200. The van der Waals surface area contributed by atoms with Gasteiger partial charge < -0.3 is 5.73 Å². The molecule has 0 aliphatic rings. The zero-order chi connectivity index (χ0) is 11.5. The molecule has 0 aromatic heterocycles. The molecule has 2 N–H and O–H groups in total. The Labute approximate surface area is 96.9 Å². The zero-order valence-corrected chi connectivity index (χ0v) is 9.83. The van der Waals surface area contributed by atoms with Gasteiger partial charge in [0.15, 0.2) is 0 Å². The number of rotatable bonds is 2. The molecule has 2 rings (SSSR count). The fourth-order valence-corrected chi connectivity index (χ4v) is 2.11. The standard InChI is InChI=1S/C15H17N/c1-11-7-12(2)9-14(8-11)15-6-4-3-5-13(15)10-16/h3-9H,10,16H2,1-2H3. The summed E-state index contributed by atoms with van der Waals surface area (Å²) in [6.07, 6.45) is 0. The van der Waals surface area contributed by atoms with Crippen molar-refractivity contribution in [2.24, 2.45) is 5.73 Å². The van der Waals surface area contributed by atoms with Crippen molar-refractivity contribution in [3.05, 3.63) is 59.2 Å². The van der Waals surface area contributed by atoms with Crippen molar-refractivity contribution in [3.8, 4) is 11.1 Å². The summed E-state index contributed by atoms with van der Waals surface area (Å²) in [6.45, 7) is 4.84. The molecule has 82 valence electrons. The molecule has 16 heavy (non-hydrogen) atoms. The topological polar surface area (TPSA) is 26.0 Å². The summed E-state index contributed by atoms with van der Waals surface area (Å²) in [5.74, 6) is 0. The molecule has 0 radical (unpaired) electrons. The van der Waals surface area contributed by atoms with Crippen LogP contribution in [0.1, 0.15) is 16.7 Å². The lowest BCUT2D eigenvalue weighted by Crippen LogP contribution is -1.98. The van der Waals surface area contributed by atoms with Crippen molar-refractivity contribution >= 4 is 0 Å². The van der Waals surface area contributed by atoms with Gasteiger partial charge in [-0.25, -0.2) is 0 Å². The second-order valence-electron chi connectivity index (χ2n) is 4.24. The second kappa shape index (κ2) is 4.50. The highest BCUT2D eigenvalue weighted by atomic mass is 14.5. The van der Waals surface area contributed by atoms with Gasteiger partial charge >= 0.3 is 0 Å². The Bertz CT molecular complexity index is 480. The molecule has 0 fully saturated rings. The third-order valence-electron chi connectivity index (χ3n) is 2.77. The number of benzene rings is 2. The smallest absolute Gasteiger partial charge is 0.0184 e. The highest BCUT2D eigenvalue weighted by Crippen LogP contribution is 2.25. The molecule has 0 amide bonds. The van der Waals surface area contributed by atoms with E-state index in [-0.39, 0.29) is 0 Å². The number of hydrogen-bond donors (Lipinski definition) is 1. The lowest BCUT2D eigenvalue weighted by Gasteiger charge is -2.09. The molecule has 0 saturated heterocycles. The van der Waals surface area contributed by atoms with Crippen LogP contribution < -0.4 is 5.73 Å². The van der Waals surface area contributed by atoms with Crippen LogP contribution in [0.4, 0.5) is 0 Å². The first-order valence-corrected chi connectivity index (χ1v) is 5.57. The molecule has 0 bridgehead atoms. The average molecular weight is 211 g/mol. The van der Waals surface area contributed by atoms with Gasteiger partial charge in [-0.2, -0.15) is 0 Å². The summed E-state index contributed by atoms with van der Waals surface area (Å²) in [5, 5.41) is 0. The van der Waals surface area contributed by atoms with E-state index < -0.39 is 0 Å². The zero-order valence-electron chi connectivity index (χ0n) is 9.83. The largest absolute Gasteiger partial charge is 0.326 e. The lowest BCUT2D eigenvalue weighted by atomic mass is 9.97. The quantitative estimate of drug-likeness (QED) is 0.809. The van der Waals surface area contributed by atoms with Crippen LogP contribution in [-0.2, 0) is 6.54 Å². The van der Waals surface area contributed by atoms with Gasteiger partial charge in [0.25, 0.3) is 0 Å². The summed E-state index contributed by atoms with van der Waals surface area (Å²) in [7, 11) is 0.